The van der Waals surface area contributed by atoms with E-state index in [-0.39, 0.29) is 17.7 Å². The maximum atomic E-state index is 12.4. The summed E-state index contributed by atoms with van der Waals surface area (Å²) in [6.45, 7) is 8.25. The summed E-state index contributed by atoms with van der Waals surface area (Å²) >= 11 is 0. The maximum absolute atomic E-state index is 12.4. The first-order valence-corrected chi connectivity index (χ1v) is 8.31. The summed E-state index contributed by atoms with van der Waals surface area (Å²) in [5, 5.41) is 8.86. The van der Waals surface area contributed by atoms with Crippen LogP contribution in [0, 0.1) is 12.8 Å². The first kappa shape index (κ1) is 20.1. The third kappa shape index (κ3) is 6.68. The van der Waals surface area contributed by atoms with E-state index >= 15 is 0 Å². The number of rotatable bonds is 10. The van der Waals surface area contributed by atoms with Crippen molar-refractivity contribution in [1.82, 2.24) is 16.0 Å². The van der Waals surface area contributed by atoms with Crippen molar-refractivity contribution in [2.45, 2.75) is 26.8 Å². The van der Waals surface area contributed by atoms with E-state index in [4.69, 9.17) is 4.74 Å². The second kappa shape index (κ2) is 10.8. The monoisotopic (exact) mass is 335 g/mol. The quantitative estimate of drug-likeness (QED) is 0.560. The van der Waals surface area contributed by atoms with Crippen molar-refractivity contribution in [2.24, 2.45) is 5.92 Å². The molecule has 1 aromatic carbocycles. The molecule has 134 valence electrons. The summed E-state index contributed by atoms with van der Waals surface area (Å²) in [5.74, 6) is -0.389. The minimum absolute atomic E-state index is 0.000538. The van der Waals surface area contributed by atoms with Gasteiger partial charge in [-0.1, -0.05) is 32.0 Å². The Balaban J connectivity index is 2.52. The molecule has 1 aromatic rings. The van der Waals surface area contributed by atoms with Crippen molar-refractivity contribution in [3.63, 3.8) is 0 Å². The molecule has 0 fully saturated rings. The van der Waals surface area contributed by atoms with Gasteiger partial charge in [-0.25, -0.2) is 0 Å². The molecule has 0 aliphatic carbocycles. The normalized spacial score (nSPS) is 12.0. The fraction of sp³-hybridized carbons (Fsp3) is 0.556. The van der Waals surface area contributed by atoms with E-state index < -0.39 is 6.04 Å². The van der Waals surface area contributed by atoms with E-state index in [1.165, 1.54) is 0 Å². The van der Waals surface area contributed by atoms with Crippen LogP contribution in [0.15, 0.2) is 24.3 Å². The van der Waals surface area contributed by atoms with Crippen molar-refractivity contribution in [3.8, 4) is 0 Å². The molecule has 1 atom stereocenters. The Bertz CT molecular complexity index is 532. The molecular formula is C18H29N3O3. The number of methoxy groups -OCH3 is 1. The highest BCUT2D eigenvalue weighted by Gasteiger charge is 2.24. The van der Waals surface area contributed by atoms with Crippen LogP contribution in [0.3, 0.4) is 0 Å². The second-order valence-corrected chi connectivity index (χ2v) is 6.04. The minimum Gasteiger partial charge on any atom is -0.383 e. The van der Waals surface area contributed by atoms with Crippen LogP contribution in [-0.4, -0.2) is 51.2 Å². The second-order valence-electron chi connectivity index (χ2n) is 6.04. The predicted molar refractivity (Wildman–Crippen MR) is 95.0 cm³/mol. The number of aryl methyl sites for hydroxylation is 1. The Morgan fingerprint density at radius 2 is 1.83 bits per heavy atom. The van der Waals surface area contributed by atoms with Gasteiger partial charge in [0.25, 0.3) is 5.91 Å². The summed E-state index contributed by atoms with van der Waals surface area (Å²) in [4.78, 5) is 24.8. The summed E-state index contributed by atoms with van der Waals surface area (Å²) < 4.78 is 4.94. The largest absolute Gasteiger partial charge is 0.383 e. The highest BCUT2D eigenvalue weighted by atomic mass is 16.5. The van der Waals surface area contributed by atoms with Crippen LogP contribution in [-0.2, 0) is 9.53 Å². The minimum atomic E-state index is -0.559. The van der Waals surface area contributed by atoms with Crippen LogP contribution in [0.2, 0.25) is 0 Å². The Morgan fingerprint density at radius 3 is 2.46 bits per heavy atom. The number of benzene rings is 1. The van der Waals surface area contributed by atoms with Crippen LogP contribution < -0.4 is 16.0 Å². The smallest absolute Gasteiger partial charge is 0.252 e. The van der Waals surface area contributed by atoms with Crippen LogP contribution in [0.4, 0.5) is 0 Å². The van der Waals surface area contributed by atoms with Gasteiger partial charge in [-0.2, -0.15) is 0 Å². The number of hydrogen-bond donors (Lipinski definition) is 3. The van der Waals surface area contributed by atoms with Gasteiger partial charge in [0, 0.05) is 32.3 Å². The summed E-state index contributed by atoms with van der Waals surface area (Å²) in [7, 11) is 1.65. The van der Waals surface area contributed by atoms with E-state index in [1.54, 1.807) is 13.2 Å². The fourth-order valence-corrected chi connectivity index (χ4v) is 2.26. The highest BCUT2D eigenvalue weighted by Crippen LogP contribution is 2.09. The van der Waals surface area contributed by atoms with Crippen molar-refractivity contribution in [2.75, 3.05) is 33.4 Å². The maximum Gasteiger partial charge on any atom is 0.252 e. The summed E-state index contributed by atoms with van der Waals surface area (Å²) in [6.07, 6.45) is 0. The number of hydrogen-bond acceptors (Lipinski definition) is 4. The number of carbonyl (C=O) groups excluding carboxylic acids is 2. The van der Waals surface area contributed by atoms with Crippen molar-refractivity contribution < 1.29 is 14.3 Å². The topological polar surface area (TPSA) is 79.5 Å². The van der Waals surface area contributed by atoms with Gasteiger partial charge in [-0.15, -0.1) is 0 Å². The standard InChI is InChI=1S/C18H29N3O3/c1-13(2)16(18(23)20-10-9-19-11-12-24-4)21-17(22)15-8-6-5-7-14(15)3/h5-8,13,16,19H,9-12H2,1-4H3,(H,20,23)(H,21,22). The SMILES string of the molecule is COCCNCCNC(=O)C(NC(=O)c1ccccc1C)C(C)C. The first-order valence-electron chi connectivity index (χ1n) is 8.31. The Hall–Kier alpha value is -1.92. The molecule has 3 N–H and O–H groups in total. The average Bonchev–Trinajstić information content (AvgIpc) is 2.55. The first-order chi connectivity index (χ1) is 11.5. The van der Waals surface area contributed by atoms with Gasteiger partial charge in [0.15, 0.2) is 0 Å². The van der Waals surface area contributed by atoms with Gasteiger partial charge in [-0.05, 0) is 24.5 Å². The van der Waals surface area contributed by atoms with Gasteiger partial charge in [0.2, 0.25) is 5.91 Å². The molecule has 0 aromatic heterocycles. The molecule has 0 bridgehead atoms. The van der Waals surface area contributed by atoms with Crippen LogP contribution in [0.5, 0.6) is 0 Å². The predicted octanol–water partition coefficient (Wildman–Crippen LogP) is 1.10. The molecule has 0 heterocycles. The number of carbonyl (C=O) groups is 2. The molecule has 2 amide bonds. The van der Waals surface area contributed by atoms with Crippen molar-refractivity contribution >= 4 is 11.8 Å². The number of ether oxygens (including phenoxy) is 1. The third-order valence-corrected chi connectivity index (χ3v) is 3.71. The summed E-state index contributed by atoms with van der Waals surface area (Å²) in [6, 6.07) is 6.79. The third-order valence-electron chi connectivity index (χ3n) is 3.71. The molecule has 0 radical (unpaired) electrons. The van der Waals surface area contributed by atoms with E-state index in [1.807, 2.05) is 39.0 Å². The van der Waals surface area contributed by atoms with Crippen LogP contribution >= 0.6 is 0 Å². The van der Waals surface area contributed by atoms with E-state index in [9.17, 15) is 9.59 Å². The lowest BCUT2D eigenvalue weighted by molar-refractivity contribution is -0.123. The van der Waals surface area contributed by atoms with E-state index in [2.05, 4.69) is 16.0 Å². The van der Waals surface area contributed by atoms with Crippen LogP contribution in [0.1, 0.15) is 29.8 Å². The van der Waals surface area contributed by atoms with Crippen LogP contribution in [0.25, 0.3) is 0 Å². The zero-order valence-electron chi connectivity index (χ0n) is 15.0. The van der Waals surface area contributed by atoms with Gasteiger partial charge in [0.05, 0.1) is 6.61 Å². The summed E-state index contributed by atoms with van der Waals surface area (Å²) in [5.41, 5.74) is 1.48. The van der Waals surface area contributed by atoms with E-state index in [0.29, 0.717) is 25.3 Å². The highest BCUT2D eigenvalue weighted by molar-refractivity contribution is 5.98. The molecule has 0 aliphatic rings. The lowest BCUT2D eigenvalue weighted by Gasteiger charge is -2.22. The van der Waals surface area contributed by atoms with Crippen molar-refractivity contribution in [1.29, 1.82) is 0 Å². The van der Waals surface area contributed by atoms with Gasteiger partial charge in [0.1, 0.15) is 6.04 Å². The molecular weight excluding hydrogens is 306 g/mol. The molecule has 24 heavy (non-hydrogen) atoms. The van der Waals surface area contributed by atoms with Gasteiger partial charge in [-0.3, -0.25) is 9.59 Å². The Morgan fingerprint density at radius 1 is 1.12 bits per heavy atom. The van der Waals surface area contributed by atoms with Gasteiger partial charge >= 0.3 is 0 Å². The number of nitrogens with one attached hydrogen (secondary N) is 3. The zero-order chi connectivity index (χ0) is 17.9. The molecule has 1 unspecified atom stereocenters. The van der Waals surface area contributed by atoms with E-state index in [0.717, 1.165) is 12.1 Å². The van der Waals surface area contributed by atoms with Gasteiger partial charge < -0.3 is 20.7 Å². The van der Waals surface area contributed by atoms with Crippen molar-refractivity contribution in [3.05, 3.63) is 35.4 Å². The zero-order valence-corrected chi connectivity index (χ0v) is 15.0. The molecule has 0 aliphatic heterocycles. The molecule has 0 saturated carbocycles. The molecule has 6 nitrogen and oxygen atoms in total. The lowest BCUT2D eigenvalue weighted by Crippen LogP contribution is -2.50. The fourth-order valence-electron chi connectivity index (χ4n) is 2.26. The molecule has 0 saturated heterocycles. The number of amides is 2. The molecule has 0 spiro atoms. The Labute approximate surface area is 144 Å². The molecule has 1 rings (SSSR count). The molecule has 6 heteroatoms. The lowest BCUT2D eigenvalue weighted by atomic mass is 10.0. The Kier molecular flexibility index (Phi) is 9.04. The average molecular weight is 335 g/mol.